The van der Waals surface area contributed by atoms with Crippen molar-refractivity contribution < 1.29 is 14.3 Å². The van der Waals surface area contributed by atoms with Crippen LogP contribution in [0.25, 0.3) is 11.0 Å². The van der Waals surface area contributed by atoms with E-state index in [1.165, 1.54) is 5.56 Å². The monoisotopic (exact) mass is 519 g/mol. The molecule has 4 rings (SSSR count). The first-order valence-corrected chi connectivity index (χ1v) is 13.0. The molecule has 0 aliphatic rings. The molecule has 0 aliphatic carbocycles. The number of amides is 1. The summed E-state index contributed by atoms with van der Waals surface area (Å²) in [5.41, 5.74) is 3.45. The molecule has 0 saturated heterocycles. The van der Waals surface area contributed by atoms with E-state index in [0.717, 1.165) is 35.4 Å². The van der Waals surface area contributed by atoms with E-state index >= 15 is 0 Å². The predicted molar refractivity (Wildman–Crippen MR) is 149 cm³/mol. The lowest BCUT2D eigenvalue weighted by Gasteiger charge is -2.19. The number of fused-ring (bicyclic) bond motifs is 1. The van der Waals surface area contributed by atoms with Crippen LogP contribution in [0.15, 0.2) is 72.8 Å². The van der Waals surface area contributed by atoms with Crippen LogP contribution < -0.4 is 14.8 Å². The van der Waals surface area contributed by atoms with E-state index in [2.05, 4.69) is 48.9 Å². The Labute approximate surface area is 223 Å². The van der Waals surface area contributed by atoms with E-state index in [9.17, 15) is 4.79 Å². The maximum Gasteiger partial charge on any atom is 0.257 e. The molecule has 1 amide bonds. The number of nitrogens with zero attached hydrogens (tertiary/aromatic N) is 2. The summed E-state index contributed by atoms with van der Waals surface area (Å²) in [6, 6.07) is 23.4. The molecule has 0 bridgehead atoms. The Balaban J connectivity index is 1.28. The summed E-state index contributed by atoms with van der Waals surface area (Å²) in [6.45, 7) is 8.36. The van der Waals surface area contributed by atoms with E-state index in [1.807, 2.05) is 30.3 Å². The molecule has 0 spiro atoms. The van der Waals surface area contributed by atoms with Crippen LogP contribution in [-0.4, -0.2) is 35.2 Å². The summed E-state index contributed by atoms with van der Waals surface area (Å²) in [5, 5.41) is 3.54. The van der Waals surface area contributed by atoms with Crippen molar-refractivity contribution in [3.05, 3.63) is 89.2 Å². The van der Waals surface area contributed by atoms with Gasteiger partial charge >= 0.3 is 0 Å². The van der Waals surface area contributed by atoms with Crippen molar-refractivity contribution in [1.82, 2.24) is 14.9 Å². The number of carbonyl (C=O) groups excluding carboxylic acids is 1. The zero-order valence-electron chi connectivity index (χ0n) is 21.7. The van der Waals surface area contributed by atoms with Gasteiger partial charge in [0.2, 0.25) is 0 Å². The molecule has 0 fully saturated rings. The molecule has 6 nitrogen and oxygen atoms in total. The normalized spacial score (nSPS) is 11.5. The lowest BCUT2D eigenvalue weighted by atomic mass is 9.87. The summed E-state index contributed by atoms with van der Waals surface area (Å²) in [4.78, 5) is 17.0. The van der Waals surface area contributed by atoms with E-state index in [1.54, 1.807) is 24.3 Å². The Morgan fingerprint density at radius 3 is 2.35 bits per heavy atom. The van der Waals surface area contributed by atoms with Crippen molar-refractivity contribution in [3.8, 4) is 11.5 Å². The van der Waals surface area contributed by atoms with E-state index in [4.69, 9.17) is 26.1 Å². The quantitative estimate of drug-likeness (QED) is 0.240. The smallest absolute Gasteiger partial charge is 0.257 e. The Morgan fingerprint density at radius 1 is 0.946 bits per heavy atom. The van der Waals surface area contributed by atoms with Gasteiger partial charge in [-0.25, -0.2) is 4.98 Å². The number of rotatable bonds is 11. The maximum atomic E-state index is 12.2. The van der Waals surface area contributed by atoms with Crippen molar-refractivity contribution in [3.63, 3.8) is 0 Å². The second-order valence-corrected chi connectivity index (χ2v) is 10.4. The molecule has 3 aromatic carbocycles. The molecule has 4 aromatic rings. The van der Waals surface area contributed by atoms with Gasteiger partial charge in [0, 0.05) is 18.0 Å². The fourth-order valence-electron chi connectivity index (χ4n) is 4.08. The maximum absolute atomic E-state index is 12.2. The van der Waals surface area contributed by atoms with Crippen molar-refractivity contribution in [2.75, 3.05) is 19.8 Å². The highest BCUT2D eigenvalue weighted by Crippen LogP contribution is 2.24. The summed E-state index contributed by atoms with van der Waals surface area (Å²) >= 11 is 5.87. The number of hydrogen-bond donors (Lipinski definition) is 1. The van der Waals surface area contributed by atoms with Crippen LogP contribution in [0.2, 0.25) is 5.02 Å². The van der Waals surface area contributed by atoms with Crippen LogP contribution in [0, 0.1) is 0 Å². The summed E-state index contributed by atoms with van der Waals surface area (Å²) in [7, 11) is 0. The van der Waals surface area contributed by atoms with Gasteiger partial charge in [0.25, 0.3) is 5.91 Å². The first-order valence-electron chi connectivity index (χ1n) is 12.6. The largest absolute Gasteiger partial charge is 0.492 e. The van der Waals surface area contributed by atoms with Crippen LogP contribution in [0.4, 0.5) is 0 Å². The lowest BCUT2D eigenvalue weighted by molar-refractivity contribution is -0.123. The van der Waals surface area contributed by atoms with Gasteiger partial charge in [0.05, 0.1) is 17.6 Å². The first kappa shape index (κ1) is 26.6. The molecular formula is C30H34ClN3O3. The third-order valence-electron chi connectivity index (χ3n) is 6.12. The van der Waals surface area contributed by atoms with Gasteiger partial charge in [-0.2, -0.15) is 0 Å². The number of hydrogen-bond acceptors (Lipinski definition) is 4. The average molecular weight is 520 g/mol. The zero-order chi connectivity index (χ0) is 26.3. The molecule has 0 atom stereocenters. The molecule has 0 unspecified atom stereocenters. The highest BCUT2D eigenvalue weighted by molar-refractivity contribution is 6.30. The SMILES string of the molecule is CC(C)(C)c1ccc(OCCn2c(CCCNC(=O)COc3ccc(Cl)cc3)nc3ccccc32)cc1. The van der Waals surface area contributed by atoms with Crippen molar-refractivity contribution in [2.45, 2.75) is 45.6 Å². The van der Waals surface area contributed by atoms with Crippen molar-refractivity contribution in [1.29, 1.82) is 0 Å². The van der Waals surface area contributed by atoms with Crippen LogP contribution in [0.1, 0.15) is 38.6 Å². The standard InChI is InChI=1S/C30H34ClN3O3/c1-30(2,3)22-10-14-24(15-11-22)36-20-19-34-27-8-5-4-7-26(27)33-28(34)9-6-18-32-29(35)21-37-25-16-12-23(31)13-17-25/h4-5,7-8,10-17H,6,9,18-21H2,1-3H3,(H,32,35). The van der Waals surface area contributed by atoms with Crippen LogP contribution >= 0.6 is 11.6 Å². The number of aromatic nitrogens is 2. The van der Waals surface area contributed by atoms with Gasteiger partial charge in [-0.05, 0) is 65.9 Å². The van der Waals surface area contributed by atoms with Gasteiger partial charge in [-0.1, -0.05) is 56.6 Å². The van der Waals surface area contributed by atoms with E-state index < -0.39 is 0 Å². The number of carbonyl (C=O) groups is 1. The lowest BCUT2D eigenvalue weighted by Crippen LogP contribution is -2.30. The minimum Gasteiger partial charge on any atom is -0.492 e. The van der Waals surface area contributed by atoms with Gasteiger partial charge in [-0.3, -0.25) is 4.79 Å². The molecule has 0 saturated carbocycles. The van der Waals surface area contributed by atoms with Gasteiger partial charge < -0.3 is 19.4 Å². The molecule has 1 aromatic heterocycles. The van der Waals surface area contributed by atoms with Gasteiger partial charge in [0.15, 0.2) is 6.61 Å². The molecule has 7 heteroatoms. The Kier molecular flexibility index (Phi) is 8.72. The Hall–Kier alpha value is -3.51. The number of halogens is 1. The summed E-state index contributed by atoms with van der Waals surface area (Å²) in [6.07, 6.45) is 1.51. The predicted octanol–water partition coefficient (Wildman–Crippen LogP) is 6.19. The van der Waals surface area contributed by atoms with E-state index in [0.29, 0.717) is 30.5 Å². The van der Waals surface area contributed by atoms with E-state index in [-0.39, 0.29) is 17.9 Å². The van der Waals surface area contributed by atoms with Crippen molar-refractivity contribution >= 4 is 28.5 Å². The molecule has 1 heterocycles. The average Bonchev–Trinajstić information content (AvgIpc) is 3.23. The zero-order valence-corrected chi connectivity index (χ0v) is 22.4. The second kappa shape index (κ2) is 12.2. The van der Waals surface area contributed by atoms with Gasteiger partial charge in [0.1, 0.15) is 23.9 Å². The highest BCUT2D eigenvalue weighted by atomic mass is 35.5. The summed E-state index contributed by atoms with van der Waals surface area (Å²) < 4.78 is 13.8. The summed E-state index contributed by atoms with van der Waals surface area (Å²) in [5.74, 6) is 2.30. The number of benzene rings is 3. The molecule has 37 heavy (non-hydrogen) atoms. The molecule has 0 radical (unpaired) electrons. The first-order chi connectivity index (χ1) is 17.8. The number of imidazole rings is 1. The minimum absolute atomic E-state index is 0.0335. The number of ether oxygens (including phenoxy) is 2. The Bertz CT molecular complexity index is 1310. The Morgan fingerprint density at radius 2 is 1.62 bits per heavy atom. The third kappa shape index (κ3) is 7.49. The number of nitrogens with one attached hydrogen (secondary N) is 1. The fourth-order valence-corrected chi connectivity index (χ4v) is 4.20. The van der Waals surface area contributed by atoms with Crippen LogP contribution in [-0.2, 0) is 23.2 Å². The fraction of sp³-hybridized carbons (Fsp3) is 0.333. The number of para-hydroxylation sites is 2. The molecule has 194 valence electrons. The van der Waals surface area contributed by atoms with Crippen LogP contribution in [0.3, 0.4) is 0 Å². The van der Waals surface area contributed by atoms with Gasteiger partial charge in [-0.15, -0.1) is 0 Å². The molecular weight excluding hydrogens is 486 g/mol. The second-order valence-electron chi connectivity index (χ2n) is 9.99. The topological polar surface area (TPSA) is 65.4 Å². The molecule has 0 aliphatic heterocycles. The number of aryl methyl sites for hydroxylation is 1. The van der Waals surface area contributed by atoms with Crippen molar-refractivity contribution in [2.24, 2.45) is 0 Å². The van der Waals surface area contributed by atoms with Crippen LogP contribution in [0.5, 0.6) is 11.5 Å². The third-order valence-corrected chi connectivity index (χ3v) is 6.37. The highest BCUT2D eigenvalue weighted by Gasteiger charge is 2.14. The minimum atomic E-state index is -0.158. The molecule has 1 N–H and O–H groups in total.